The molecule has 0 radical (unpaired) electrons. The van der Waals surface area contributed by atoms with E-state index < -0.39 is 0 Å². The van der Waals surface area contributed by atoms with Crippen LogP contribution < -0.4 is 16.5 Å². The number of nitrogens with two attached hydrogens (primary N) is 1. The minimum absolute atomic E-state index is 0.143. The van der Waals surface area contributed by atoms with Gasteiger partial charge in [0.25, 0.3) is 5.91 Å². The second-order valence-corrected chi connectivity index (χ2v) is 4.74. The first-order valence-corrected chi connectivity index (χ1v) is 6.03. The molecular weight excluding hydrogens is 220 g/mol. The minimum Gasteiger partial charge on any atom is -0.344 e. The van der Waals surface area contributed by atoms with Crippen LogP contribution in [-0.4, -0.2) is 29.6 Å². The number of hydrogen-bond donors (Lipinski definition) is 3. The van der Waals surface area contributed by atoms with Gasteiger partial charge < -0.3 is 11.1 Å². The fraction of sp³-hybridized carbons (Fsp3) is 0.727. The Morgan fingerprint density at radius 1 is 1.41 bits per heavy atom. The van der Waals surface area contributed by atoms with Gasteiger partial charge in [-0.2, -0.15) is 5.10 Å². The maximum absolute atomic E-state index is 12.0. The summed E-state index contributed by atoms with van der Waals surface area (Å²) in [5, 5.41) is 6.76. The van der Waals surface area contributed by atoms with Gasteiger partial charge in [0.15, 0.2) is 0 Å². The van der Waals surface area contributed by atoms with E-state index in [-0.39, 0.29) is 17.4 Å². The molecule has 0 bridgehead atoms. The molecule has 2 amide bonds. The van der Waals surface area contributed by atoms with E-state index in [1.165, 1.54) is 0 Å². The van der Waals surface area contributed by atoms with Gasteiger partial charge >= 0.3 is 0 Å². The zero-order chi connectivity index (χ0) is 12.3. The third-order valence-electron chi connectivity index (χ3n) is 3.50. The summed E-state index contributed by atoms with van der Waals surface area (Å²) < 4.78 is 0. The van der Waals surface area contributed by atoms with Gasteiger partial charge in [-0.05, 0) is 12.8 Å². The first-order chi connectivity index (χ1) is 8.15. The van der Waals surface area contributed by atoms with E-state index in [0.29, 0.717) is 25.1 Å². The van der Waals surface area contributed by atoms with Crippen molar-refractivity contribution in [2.24, 2.45) is 10.8 Å². The van der Waals surface area contributed by atoms with Crippen LogP contribution in [0.3, 0.4) is 0 Å². The Morgan fingerprint density at radius 3 is 2.65 bits per heavy atom. The third-order valence-corrected chi connectivity index (χ3v) is 3.50. The number of hydrogen-bond acceptors (Lipinski definition) is 4. The Balaban J connectivity index is 1.99. The Labute approximate surface area is 100 Å². The molecule has 0 saturated heterocycles. The highest BCUT2D eigenvalue weighted by Gasteiger charge is 2.35. The molecule has 0 aromatic heterocycles. The molecule has 2 aliphatic rings. The van der Waals surface area contributed by atoms with Crippen molar-refractivity contribution in [1.29, 1.82) is 0 Å². The predicted octanol–water partition coefficient (Wildman–Crippen LogP) is -0.360. The molecule has 17 heavy (non-hydrogen) atoms. The summed E-state index contributed by atoms with van der Waals surface area (Å²) in [6.45, 7) is 0.457. The lowest BCUT2D eigenvalue weighted by Crippen LogP contribution is -2.54. The predicted molar refractivity (Wildman–Crippen MR) is 63.2 cm³/mol. The minimum atomic E-state index is -0.263. The Hall–Kier alpha value is -1.43. The number of carbonyl (C=O) groups excluding carboxylic acids is 2. The lowest BCUT2D eigenvalue weighted by molar-refractivity contribution is -0.121. The molecule has 0 unspecified atom stereocenters. The van der Waals surface area contributed by atoms with Crippen molar-refractivity contribution in [3.8, 4) is 0 Å². The Morgan fingerprint density at radius 2 is 2.12 bits per heavy atom. The van der Waals surface area contributed by atoms with E-state index in [2.05, 4.69) is 15.8 Å². The van der Waals surface area contributed by atoms with Crippen molar-refractivity contribution in [3.05, 3.63) is 0 Å². The zero-order valence-electron chi connectivity index (χ0n) is 9.79. The van der Waals surface area contributed by atoms with Crippen molar-refractivity contribution in [3.63, 3.8) is 0 Å². The third kappa shape index (κ3) is 2.63. The van der Waals surface area contributed by atoms with E-state index >= 15 is 0 Å². The molecule has 1 fully saturated rings. The van der Waals surface area contributed by atoms with Crippen LogP contribution in [0.15, 0.2) is 5.10 Å². The van der Waals surface area contributed by atoms with E-state index in [1.54, 1.807) is 0 Å². The number of carbonyl (C=O) groups is 2. The average Bonchev–Trinajstić information content (AvgIpc) is 2.79. The van der Waals surface area contributed by atoms with Crippen LogP contribution in [0.25, 0.3) is 0 Å². The molecule has 0 spiro atoms. The lowest BCUT2D eigenvalue weighted by atomic mass is 9.97. The van der Waals surface area contributed by atoms with Crippen LogP contribution >= 0.6 is 0 Å². The van der Waals surface area contributed by atoms with E-state index in [1.807, 2.05) is 0 Å². The van der Waals surface area contributed by atoms with Crippen LogP contribution in [0.4, 0.5) is 0 Å². The number of hydrazone groups is 1. The molecule has 0 aromatic carbocycles. The monoisotopic (exact) mass is 238 g/mol. The average molecular weight is 238 g/mol. The maximum Gasteiger partial charge on any atom is 0.267 e. The number of nitrogens with one attached hydrogen (secondary N) is 2. The molecule has 1 saturated carbocycles. The summed E-state index contributed by atoms with van der Waals surface area (Å²) in [5.74, 6) is -0.340. The molecule has 6 heteroatoms. The fourth-order valence-electron chi connectivity index (χ4n) is 2.38. The van der Waals surface area contributed by atoms with Gasteiger partial charge in [0, 0.05) is 19.4 Å². The smallest absolute Gasteiger partial charge is 0.267 e. The number of rotatable bonds is 3. The first kappa shape index (κ1) is 12.0. The summed E-state index contributed by atoms with van der Waals surface area (Å²) in [6, 6.07) is 0. The van der Waals surface area contributed by atoms with Crippen molar-refractivity contribution in [2.75, 3.05) is 6.54 Å². The topological polar surface area (TPSA) is 96.6 Å². The summed E-state index contributed by atoms with van der Waals surface area (Å²) in [5.41, 5.74) is 8.20. The molecule has 6 nitrogen and oxygen atoms in total. The Bertz CT molecular complexity index is 358. The normalized spacial score (nSPS) is 22.9. The summed E-state index contributed by atoms with van der Waals surface area (Å²) in [7, 11) is 0. The molecule has 4 N–H and O–H groups in total. The van der Waals surface area contributed by atoms with E-state index in [0.717, 1.165) is 25.7 Å². The largest absolute Gasteiger partial charge is 0.344 e. The highest BCUT2D eigenvalue weighted by atomic mass is 16.2. The van der Waals surface area contributed by atoms with Crippen molar-refractivity contribution in [1.82, 2.24) is 10.7 Å². The van der Waals surface area contributed by atoms with Gasteiger partial charge in [0.1, 0.15) is 5.71 Å². The molecule has 0 aromatic rings. The summed E-state index contributed by atoms with van der Waals surface area (Å²) in [4.78, 5) is 22.9. The molecule has 0 atom stereocenters. The van der Waals surface area contributed by atoms with Gasteiger partial charge in [-0.25, -0.2) is 5.43 Å². The van der Waals surface area contributed by atoms with Crippen LogP contribution in [0.1, 0.15) is 38.5 Å². The molecule has 1 aliphatic heterocycles. The second kappa shape index (κ2) is 4.83. The van der Waals surface area contributed by atoms with Gasteiger partial charge in [0.2, 0.25) is 5.91 Å². The second-order valence-electron chi connectivity index (χ2n) is 4.74. The summed E-state index contributed by atoms with van der Waals surface area (Å²) >= 11 is 0. The van der Waals surface area contributed by atoms with Crippen molar-refractivity contribution < 1.29 is 9.59 Å². The number of nitrogens with zero attached hydrogens (tertiary/aromatic N) is 1. The van der Waals surface area contributed by atoms with Crippen LogP contribution in [0.5, 0.6) is 0 Å². The van der Waals surface area contributed by atoms with Crippen molar-refractivity contribution in [2.45, 2.75) is 44.1 Å². The van der Waals surface area contributed by atoms with Gasteiger partial charge in [-0.3, -0.25) is 9.59 Å². The number of amides is 2. The molecular formula is C11H18N4O2. The van der Waals surface area contributed by atoms with Crippen molar-refractivity contribution >= 4 is 17.5 Å². The first-order valence-electron chi connectivity index (χ1n) is 6.03. The van der Waals surface area contributed by atoms with E-state index in [9.17, 15) is 9.59 Å². The van der Waals surface area contributed by atoms with E-state index in [4.69, 9.17) is 5.73 Å². The van der Waals surface area contributed by atoms with Crippen LogP contribution in [0, 0.1) is 0 Å². The van der Waals surface area contributed by atoms with Gasteiger partial charge in [-0.15, -0.1) is 0 Å². The fourth-order valence-corrected chi connectivity index (χ4v) is 2.38. The van der Waals surface area contributed by atoms with Crippen LogP contribution in [-0.2, 0) is 9.59 Å². The molecule has 2 rings (SSSR count). The molecule has 94 valence electrons. The van der Waals surface area contributed by atoms with Gasteiger partial charge in [0.05, 0.1) is 5.54 Å². The summed E-state index contributed by atoms with van der Waals surface area (Å²) in [6.07, 6.45) is 4.77. The quantitative estimate of drug-likeness (QED) is 0.626. The SMILES string of the molecule is NCC1(NC(=O)C2=NNC(=O)CC2)CCCC1. The highest BCUT2D eigenvalue weighted by molar-refractivity contribution is 6.39. The maximum atomic E-state index is 12.0. The lowest BCUT2D eigenvalue weighted by Gasteiger charge is -2.29. The standard InChI is InChI=1S/C11H18N4O2/c12-7-11(5-1-2-6-11)13-10(17)8-3-4-9(16)15-14-8/h1-7,12H2,(H,13,17)(H,15,16). The highest BCUT2D eigenvalue weighted by Crippen LogP contribution is 2.28. The Kier molecular flexibility index (Phi) is 3.42. The van der Waals surface area contributed by atoms with Crippen LogP contribution in [0.2, 0.25) is 0 Å². The van der Waals surface area contributed by atoms with Gasteiger partial charge in [-0.1, -0.05) is 12.8 Å². The molecule has 1 heterocycles. The molecule has 1 aliphatic carbocycles. The zero-order valence-corrected chi connectivity index (χ0v) is 9.79.